The van der Waals surface area contributed by atoms with Gasteiger partial charge in [-0.15, -0.1) is 0 Å². The van der Waals surface area contributed by atoms with Gasteiger partial charge >= 0.3 is 0 Å². The number of carbonyl (C=O) groups excluding carboxylic acids is 3. The monoisotopic (exact) mass is 288 g/mol. The van der Waals surface area contributed by atoms with Gasteiger partial charge < -0.3 is 5.32 Å². The maximum Gasteiger partial charge on any atom is 0.251 e. The first-order valence-electron chi connectivity index (χ1n) is 7.24. The molecule has 3 amide bonds. The van der Waals surface area contributed by atoms with Crippen molar-refractivity contribution >= 4 is 17.7 Å². The molecule has 5 heteroatoms. The van der Waals surface area contributed by atoms with Crippen LogP contribution >= 0.6 is 0 Å². The summed E-state index contributed by atoms with van der Waals surface area (Å²) in [5.41, 5.74) is 1.43. The average Bonchev–Trinajstić information content (AvgIpc) is 2.79. The van der Waals surface area contributed by atoms with Gasteiger partial charge in [-0.3, -0.25) is 19.3 Å². The Morgan fingerprint density at radius 2 is 1.76 bits per heavy atom. The van der Waals surface area contributed by atoms with Crippen LogP contribution in [0.4, 0.5) is 0 Å². The smallest absolute Gasteiger partial charge is 0.251 e. The zero-order valence-electron chi connectivity index (χ0n) is 12.4. The van der Waals surface area contributed by atoms with Crippen molar-refractivity contribution in [3.63, 3.8) is 0 Å². The van der Waals surface area contributed by atoms with E-state index < -0.39 is 0 Å². The van der Waals surface area contributed by atoms with E-state index in [4.69, 9.17) is 0 Å². The van der Waals surface area contributed by atoms with Gasteiger partial charge in [0.15, 0.2) is 0 Å². The molecule has 1 aromatic rings. The maximum absolute atomic E-state index is 11.9. The van der Waals surface area contributed by atoms with Gasteiger partial charge in [0.1, 0.15) is 0 Å². The summed E-state index contributed by atoms with van der Waals surface area (Å²) in [6.45, 7) is 4.25. The molecular formula is C16H20N2O3. The van der Waals surface area contributed by atoms with Gasteiger partial charge in [0.05, 0.1) is 6.54 Å². The first-order chi connectivity index (χ1) is 10.0. The molecule has 0 aromatic heterocycles. The molecule has 0 bridgehead atoms. The fourth-order valence-corrected chi connectivity index (χ4v) is 2.15. The van der Waals surface area contributed by atoms with E-state index in [0.717, 1.165) is 12.0 Å². The van der Waals surface area contributed by atoms with Crippen LogP contribution in [0.25, 0.3) is 0 Å². The van der Waals surface area contributed by atoms with Crippen molar-refractivity contribution in [3.05, 3.63) is 35.4 Å². The summed E-state index contributed by atoms with van der Waals surface area (Å²) < 4.78 is 0. The molecule has 2 rings (SSSR count). The molecule has 21 heavy (non-hydrogen) atoms. The molecule has 1 saturated heterocycles. The van der Waals surface area contributed by atoms with Crippen molar-refractivity contribution in [2.45, 2.75) is 45.7 Å². The largest absolute Gasteiger partial charge is 0.350 e. The molecule has 1 fully saturated rings. The minimum absolute atomic E-state index is 0.107. The lowest BCUT2D eigenvalue weighted by Gasteiger charge is -2.14. The summed E-state index contributed by atoms with van der Waals surface area (Å²) in [5, 5.41) is 2.89. The summed E-state index contributed by atoms with van der Waals surface area (Å²) in [7, 11) is 0. The lowest BCUT2D eigenvalue weighted by atomic mass is 10.1. The van der Waals surface area contributed by atoms with Gasteiger partial charge in [0, 0.05) is 24.4 Å². The van der Waals surface area contributed by atoms with Gasteiger partial charge in [-0.05, 0) is 31.0 Å². The summed E-state index contributed by atoms with van der Waals surface area (Å²) >= 11 is 0. The number of amides is 3. The number of nitrogens with one attached hydrogen (secondary N) is 1. The van der Waals surface area contributed by atoms with E-state index in [2.05, 4.69) is 5.32 Å². The van der Waals surface area contributed by atoms with Crippen molar-refractivity contribution in [2.24, 2.45) is 0 Å². The van der Waals surface area contributed by atoms with Crippen molar-refractivity contribution in [1.29, 1.82) is 0 Å². The molecule has 1 N–H and O–H groups in total. The number of carbonyl (C=O) groups is 3. The summed E-state index contributed by atoms with van der Waals surface area (Å²) in [6, 6.07) is 7.14. The van der Waals surface area contributed by atoms with Crippen LogP contribution < -0.4 is 5.32 Å². The minimum atomic E-state index is -0.126. The molecule has 0 saturated carbocycles. The molecule has 112 valence electrons. The van der Waals surface area contributed by atoms with Gasteiger partial charge in [-0.1, -0.05) is 19.1 Å². The molecule has 0 aliphatic carbocycles. The van der Waals surface area contributed by atoms with Crippen LogP contribution in [-0.2, 0) is 16.1 Å². The molecule has 5 nitrogen and oxygen atoms in total. The number of hydrogen-bond acceptors (Lipinski definition) is 3. The van der Waals surface area contributed by atoms with Crippen LogP contribution in [0.3, 0.4) is 0 Å². The number of hydrogen-bond donors (Lipinski definition) is 1. The van der Waals surface area contributed by atoms with E-state index in [1.807, 2.05) is 13.8 Å². The Hall–Kier alpha value is -2.17. The van der Waals surface area contributed by atoms with Crippen LogP contribution in [-0.4, -0.2) is 28.7 Å². The predicted octanol–water partition coefficient (Wildman–Crippen LogP) is 1.86. The molecule has 1 aliphatic heterocycles. The topological polar surface area (TPSA) is 66.5 Å². The highest BCUT2D eigenvalue weighted by Crippen LogP contribution is 2.16. The van der Waals surface area contributed by atoms with E-state index >= 15 is 0 Å². The molecule has 0 spiro atoms. The standard InChI is InChI=1S/C16H20N2O3/c1-3-11(2)17-16(21)13-6-4-12(5-7-13)10-18-14(19)8-9-15(18)20/h4-7,11H,3,8-10H2,1-2H3,(H,17,21). The quantitative estimate of drug-likeness (QED) is 0.841. The summed E-state index contributed by atoms with van der Waals surface area (Å²) in [5.74, 6) is -0.360. The molecule has 1 unspecified atom stereocenters. The van der Waals surface area contributed by atoms with E-state index in [0.29, 0.717) is 18.4 Å². The Morgan fingerprint density at radius 3 is 2.29 bits per heavy atom. The van der Waals surface area contributed by atoms with E-state index in [1.54, 1.807) is 24.3 Å². The van der Waals surface area contributed by atoms with Crippen molar-refractivity contribution < 1.29 is 14.4 Å². The fourth-order valence-electron chi connectivity index (χ4n) is 2.15. The molecule has 1 heterocycles. The van der Waals surface area contributed by atoms with Crippen LogP contribution in [0.1, 0.15) is 49.0 Å². The predicted molar refractivity (Wildman–Crippen MR) is 78.5 cm³/mol. The first kappa shape index (κ1) is 15.2. The second-order valence-corrected chi connectivity index (χ2v) is 5.35. The summed E-state index contributed by atoms with van der Waals surface area (Å²) in [6.07, 6.45) is 1.48. The van der Waals surface area contributed by atoms with E-state index in [9.17, 15) is 14.4 Å². The number of imide groups is 1. The third kappa shape index (κ3) is 3.68. The minimum Gasteiger partial charge on any atom is -0.350 e. The van der Waals surface area contributed by atoms with Crippen LogP contribution in [0.2, 0.25) is 0 Å². The van der Waals surface area contributed by atoms with Crippen molar-refractivity contribution in [3.8, 4) is 0 Å². The van der Waals surface area contributed by atoms with Crippen molar-refractivity contribution in [2.75, 3.05) is 0 Å². The van der Waals surface area contributed by atoms with Crippen LogP contribution in [0, 0.1) is 0 Å². The van der Waals surface area contributed by atoms with E-state index in [1.165, 1.54) is 4.90 Å². The molecule has 0 radical (unpaired) electrons. The van der Waals surface area contributed by atoms with Gasteiger partial charge in [0.2, 0.25) is 11.8 Å². The third-order valence-electron chi connectivity index (χ3n) is 3.70. The van der Waals surface area contributed by atoms with Crippen LogP contribution in [0.5, 0.6) is 0 Å². The third-order valence-corrected chi connectivity index (χ3v) is 3.70. The lowest BCUT2D eigenvalue weighted by Crippen LogP contribution is -2.32. The molecule has 1 aromatic carbocycles. The highest BCUT2D eigenvalue weighted by Gasteiger charge is 2.28. The zero-order chi connectivity index (χ0) is 15.4. The van der Waals surface area contributed by atoms with Gasteiger partial charge in [0.25, 0.3) is 5.91 Å². The Balaban J connectivity index is 2.00. The van der Waals surface area contributed by atoms with Gasteiger partial charge in [-0.2, -0.15) is 0 Å². The number of nitrogens with zero attached hydrogens (tertiary/aromatic N) is 1. The number of likely N-dealkylation sites (tertiary alicyclic amines) is 1. The van der Waals surface area contributed by atoms with Crippen LogP contribution in [0.15, 0.2) is 24.3 Å². The maximum atomic E-state index is 11.9. The highest BCUT2D eigenvalue weighted by atomic mass is 16.2. The van der Waals surface area contributed by atoms with Gasteiger partial charge in [-0.25, -0.2) is 0 Å². The Labute approximate surface area is 124 Å². The average molecular weight is 288 g/mol. The zero-order valence-corrected chi connectivity index (χ0v) is 12.4. The normalized spacial score (nSPS) is 16.2. The second kappa shape index (κ2) is 6.52. The summed E-state index contributed by atoms with van der Waals surface area (Å²) in [4.78, 5) is 36.3. The number of benzene rings is 1. The first-order valence-corrected chi connectivity index (χ1v) is 7.24. The Bertz CT molecular complexity index is 535. The second-order valence-electron chi connectivity index (χ2n) is 5.35. The Morgan fingerprint density at radius 1 is 1.19 bits per heavy atom. The van der Waals surface area contributed by atoms with E-state index in [-0.39, 0.29) is 30.3 Å². The molecule has 1 aliphatic rings. The number of rotatable bonds is 5. The lowest BCUT2D eigenvalue weighted by molar-refractivity contribution is -0.139. The fraction of sp³-hybridized carbons (Fsp3) is 0.438. The SMILES string of the molecule is CCC(C)NC(=O)c1ccc(CN2C(=O)CCC2=O)cc1. The van der Waals surface area contributed by atoms with Crippen molar-refractivity contribution in [1.82, 2.24) is 10.2 Å². The highest BCUT2D eigenvalue weighted by molar-refractivity contribution is 6.01. The molecular weight excluding hydrogens is 268 g/mol. The Kier molecular flexibility index (Phi) is 4.73. The molecule has 1 atom stereocenters.